The predicted octanol–water partition coefficient (Wildman–Crippen LogP) is 2.44. The van der Waals surface area contributed by atoms with E-state index in [1.807, 2.05) is 12.3 Å². The summed E-state index contributed by atoms with van der Waals surface area (Å²) < 4.78 is 20.1. The zero-order valence-electron chi connectivity index (χ0n) is 21.7. The van der Waals surface area contributed by atoms with E-state index >= 15 is 0 Å². The number of nitrogens with two attached hydrogens (primary N) is 1. The Morgan fingerprint density at radius 3 is 2.83 bits per heavy atom. The zero-order valence-corrected chi connectivity index (χ0v) is 21.7. The molecule has 3 heterocycles. The number of rotatable bonds is 8. The molecule has 0 aromatic carbocycles. The lowest BCUT2D eigenvalue weighted by atomic mass is 9.93. The Bertz CT molecular complexity index is 767. The summed E-state index contributed by atoms with van der Waals surface area (Å²) >= 11 is 0. The van der Waals surface area contributed by atoms with Gasteiger partial charge in [0.25, 0.3) is 0 Å². The first-order valence-electron chi connectivity index (χ1n) is 13.4. The molecule has 9 heteroatoms. The molecule has 198 valence electrons. The second kappa shape index (κ2) is 14.0. The summed E-state index contributed by atoms with van der Waals surface area (Å²) in [6, 6.07) is 0.0588. The third-order valence-electron chi connectivity index (χ3n) is 7.41. The summed E-state index contributed by atoms with van der Waals surface area (Å²) in [5.74, 6) is -0.651. The number of hydrogen-bond acceptors (Lipinski definition) is 7. The highest BCUT2D eigenvalue weighted by atomic mass is 19.1. The summed E-state index contributed by atoms with van der Waals surface area (Å²) in [5.41, 5.74) is 8.11. The van der Waals surface area contributed by atoms with Crippen LogP contribution in [0.4, 0.5) is 4.39 Å². The second-order valence-electron chi connectivity index (χ2n) is 10.1. The van der Waals surface area contributed by atoms with Crippen LogP contribution >= 0.6 is 0 Å². The second-order valence-corrected chi connectivity index (χ2v) is 10.1. The Hall–Kier alpha value is -1.84. The van der Waals surface area contributed by atoms with Gasteiger partial charge in [-0.25, -0.2) is 4.39 Å². The van der Waals surface area contributed by atoms with E-state index in [2.05, 4.69) is 39.4 Å². The third-order valence-corrected chi connectivity index (χ3v) is 7.41. The van der Waals surface area contributed by atoms with Gasteiger partial charge in [-0.05, 0) is 25.7 Å². The van der Waals surface area contributed by atoms with Gasteiger partial charge >= 0.3 is 0 Å². The Balaban J connectivity index is 1.74. The van der Waals surface area contributed by atoms with Crippen LogP contribution < -0.4 is 16.4 Å². The van der Waals surface area contributed by atoms with Gasteiger partial charge < -0.3 is 21.1 Å². The molecule has 1 saturated heterocycles. The summed E-state index contributed by atoms with van der Waals surface area (Å²) in [5, 5.41) is 6.61. The lowest BCUT2D eigenvalue weighted by Crippen LogP contribution is -2.60. The number of carbonyl (C=O) groups is 1. The molecule has 1 fully saturated rings. The third kappa shape index (κ3) is 8.08. The van der Waals surface area contributed by atoms with Gasteiger partial charge in [0.1, 0.15) is 12.1 Å². The van der Waals surface area contributed by atoms with E-state index in [1.165, 1.54) is 6.42 Å². The lowest BCUT2D eigenvalue weighted by Gasteiger charge is -2.40. The highest BCUT2D eigenvalue weighted by Crippen LogP contribution is 2.21. The van der Waals surface area contributed by atoms with Crippen LogP contribution in [-0.4, -0.2) is 86.5 Å². The molecule has 6 atom stereocenters. The van der Waals surface area contributed by atoms with E-state index in [4.69, 9.17) is 10.5 Å². The van der Waals surface area contributed by atoms with Crippen molar-refractivity contribution in [2.24, 2.45) is 27.6 Å². The summed E-state index contributed by atoms with van der Waals surface area (Å²) in [4.78, 5) is 24.9. The smallest absolute Gasteiger partial charge is 0.232 e. The van der Waals surface area contributed by atoms with E-state index in [9.17, 15) is 9.18 Å². The SMILES string of the molecule is CCCCCC(C)/C1=C/CC(F)CN=C(C)C(C(=O)NC2CN=CCC2N2CCOCC2)C(N)N1. The Morgan fingerprint density at radius 2 is 2.09 bits per heavy atom. The van der Waals surface area contributed by atoms with Crippen LogP contribution in [0.15, 0.2) is 21.8 Å². The number of halogens is 1. The first-order chi connectivity index (χ1) is 16.9. The number of amides is 1. The van der Waals surface area contributed by atoms with Gasteiger partial charge in [-0.3, -0.25) is 19.7 Å². The quantitative estimate of drug-likeness (QED) is 0.452. The molecule has 3 aliphatic rings. The minimum absolute atomic E-state index is 0.0421. The molecule has 0 saturated carbocycles. The van der Waals surface area contributed by atoms with Crippen molar-refractivity contribution in [3.63, 3.8) is 0 Å². The molecule has 1 amide bonds. The summed E-state index contributed by atoms with van der Waals surface area (Å²) in [6.45, 7) is 9.78. The lowest BCUT2D eigenvalue weighted by molar-refractivity contribution is -0.125. The zero-order chi connectivity index (χ0) is 25.2. The van der Waals surface area contributed by atoms with E-state index in [-0.39, 0.29) is 30.5 Å². The molecule has 35 heavy (non-hydrogen) atoms. The molecule has 3 rings (SSSR count). The Kier molecular flexibility index (Phi) is 11.1. The van der Waals surface area contributed by atoms with Crippen LogP contribution in [0.25, 0.3) is 0 Å². The van der Waals surface area contributed by atoms with Crippen LogP contribution in [0, 0.1) is 11.8 Å². The van der Waals surface area contributed by atoms with Crippen LogP contribution in [0.2, 0.25) is 0 Å². The van der Waals surface area contributed by atoms with Crippen molar-refractivity contribution in [1.29, 1.82) is 0 Å². The minimum atomic E-state index is -1.08. The maximum absolute atomic E-state index is 14.6. The molecule has 3 aliphatic heterocycles. The van der Waals surface area contributed by atoms with Crippen molar-refractivity contribution in [3.8, 4) is 0 Å². The van der Waals surface area contributed by atoms with Crippen molar-refractivity contribution in [2.75, 3.05) is 39.4 Å². The molecular weight excluding hydrogens is 447 g/mol. The van der Waals surface area contributed by atoms with Gasteiger partial charge in [-0.1, -0.05) is 39.2 Å². The molecular formula is C26H45FN6O2. The topological polar surface area (TPSA) is 104 Å². The van der Waals surface area contributed by atoms with Gasteiger partial charge in [-0.2, -0.15) is 0 Å². The predicted molar refractivity (Wildman–Crippen MR) is 140 cm³/mol. The number of nitrogens with one attached hydrogen (secondary N) is 2. The van der Waals surface area contributed by atoms with Crippen molar-refractivity contribution in [1.82, 2.24) is 15.5 Å². The van der Waals surface area contributed by atoms with E-state index in [0.717, 1.165) is 44.5 Å². The fourth-order valence-electron chi connectivity index (χ4n) is 5.20. The number of morpholine rings is 1. The molecule has 0 aromatic rings. The van der Waals surface area contributed by atoms with Crippen molar-refractivity contribution in [3.05, 3.63) is 11.8 Å². The standard InChI is InChI=1S/C26H45FN6O2/c1-4-5-6-7-18(2)21-9-8-20(27)16-30-19(3)24(25(28)31-21)26(34)32-22-17-29-11-10-23(22)33-12-14-35-15-13-33/h9,11,18,20,22-25,31H,4-8,10,12-17,28H2,1-3H3,(H,32,34)/b21-9-,30-19?. The van der Waals surface area contributed by atoms with Gasteiger partial charge in [0.05, 0.1) is 38.5 Å². The van der Waals surface area contributed by atoms with Crippen molar-refractivity contribution in [2.45, 2.75) is 83.7 Å². The average molecular weight is 493 g/mol. The fraction of sp³-hybridized carbons (Fsp3) is 0.808. The number of hydrogen-bond donors (Lipinski definition) is 3. The Labute approximate surface area is 210 Å². The number of nitrogens with zero attached hydrogens (tertiary/aromatic N) is 3. The van der Waals surface area contributed by atoms with Crippen LogP contribution in [0.3, 0.4) is 0 Å². The van der Waals surface area contributed by atoms with Gasteiger partial charge in [0, 0.05) is 43.2 Å². The normalized spacial score (nSPS) is 33.1. The van der Waals surface area contributed by atoms with Crippen LogP contribution in [0.1, 0.15) is 59.3 Å². The van der Waals surface area contributed by atoms with Gasteiger partial charge in [0.2, 0.25) is 5.91 Å². The molecule has 0 aromatic heterocycles. The van der Waals surface area contributed by atoms with Gasteiger partial charge in [0.15, 0.2) is 0 Å². The molecule has 0 radical (unpaired) electrons. The molecule has 6 unspecified atom stereocenters. The van der Waals surface area contributed by atoms with Crippen molar-refractivity contribution >= 4 is 17.8 Å². The Morgan fingerprint density at radius 1 is 1.31 bits per heavy atom. The summed E-state index contributed by atoms with van der Waals surface area (Å²) in [6.07, 6.45) is 7.65. The van der Waals surface area contributed by atoms with Crippen LogP contribution in [0.5, 0.6) is 0 Å². The van der Waals surface area contributed by atoms with Crippen molar-refractivity contribution < 1.29 is 13.9 Å². The highest BCUT2D eigenvalue weighted by Gasteiger charge is 2.36. The molecule has 4 N–H and O–H groups in total. The minimum Gasteiger partial charge on any atom is -0.379 e. The number of aliphatic imine (C=N–C) groups is 2. The molecule has 8 nitrogen and oxygen atoms in total. The molecule has 0 aliphatic carbocycles. The number of ether oxygens (including phenoxy) is 1. The van der Waals surface area contributed by atoms with E-state index < -0.39 is 18.3 Å². The molecule has 0 spiro atoms. The largest absolute Gasteiger partial charge is 0.379 e. The maximum atomic E-state index is 14.6. The number of carbonyl (C=O) groups excluding carboxylic acids is 1. The van der Waals surface area contributed by atoms with E-state index in [0.29, 0.717) is 31.9 Å². The average Bonchev–Trinajstić information content (AvgIpc) is 2.86. The first kappa shape index (κ1) is 27.7. The monoisotopic (exact) mass is 492 g/mol. The summed E-state index contributed by atoms with van der Waals surface area (Å²) in [7, 11) is 0. The van der Waals surface area contributed by atoms with Gasteiger partial charge in [-0.15, -0.1) is 0 Å². The number of unbranched alkanes of at least 4 members (excludes halogenated alkanes) is 2. The van der Waals surface area contributed by atoms with Crippen LogP contribution in [-0.2, 0) is 9.53 Å². The number of allylic oxidation sites excluding steroid dienone is 2. The van der Waals surface area contributed by atoms with E-state index in [1.54, 1.807) is 6.92 Å². The molecule has 0 bridgehead atoms. The highest BCUT2D eigenvalue weighted by molar-refractivity contribution is 6.04. The first-order valence-corrected chi connectivity index (χ1v) is 13.4. The maximum Gasteiger partial charge on any atom is 0.232 e. The fourth-order valence-corrected chi connectivity index (χ4v) is 5.20. The number of alkyl halides is 1.